The summed E-state index contributed by atoms with van der Waals surface area (Å²) in [5.41, 5.74) is 2.57. The molecule has 66 valence electrons. The topological polar surface area (TPSA) is 12.0 Å². The Balaban J connectivity index is 3.02. The molecule has 0 aromatic carbocycles. The van der Waals surface area contributed by atoms with E-state index in [1.165, 1.54) is 11.1 Å². The highest BCUT2D eigenvalue weighted by molar-refractivity contribution is 9.11. The minimum atomic E-state index is 0.403. The van der Waals surface area contributed by atoms with E-state index in [9.17, 15) is 0 Å². The van der Waals surface area contributed by atoms with Crippen LogP contribution >= 0.6 is 15.9 Å². The molecule has 1 aliphatic rings. The Kier molecular flexibility index (Phi) is 3.29. The summed E-state index contributed by atoms with van der Waals surface area (Å²) in [6.45, 7) is 10.9. The molecule has 1 heterocycles. The van der Waals surface area contributed by atoms with E-state index in [0.29, 0.717) is 6.04 Å². The van der Waals surface area contributed by atoms with E-state index < -0.39 is 0 Å². The zero-order valence-electron chi connectivity index (χ0n) is 7.36. The average Bonchev–Trinajstić information content (AvgIpc) is 2.03. The summed E-state index contributed by atoms with van der Waals surface area (Å²) in [5, 5.41) is 3.38. The molecule has 0 spiro atoms. The van der Waals surface area contributed by atoms with Crippen molar-refractivity contribution in [2.45, 2.75) is 19.4 Å². The Labute approximate surface area is 82.4 Å². The predicted octanol–water partition coefficient (Wildman–Crippen LogP) is 2.76. The first-order valence-corrected chi connectivity index (χ1v) is 4.89. The lowest BCUT2D eigenvalue weighted by molar-refractivity contribution is 0.583. The highest BCUT2D eigenvalue weighted by Gasteiger charge is 2.16. The average molecular weight is 228 g/mol. The number of allylic oxidation sites excluding steroid dienone is 1. The standard InChI is InChI=1S/C10H14BrN/c1-4-9-8(3)12-6-5-10(9)7(2)11/h4,8,12H,1-2,5-6H2,3H3. The first-order chi connectivity index (χ1) is 5.66. The molecule has 0 radical (unpaired) electrons. The van der Waals surface area contributed by atoms with Crippen LogP contribution in [0.2, 0.25) is 0 Å². The van der Waals surface area contributed by atoms with Crippen LogP contribution in [0.4, 0.5) is 0 Å². The highest BCUT2D eigenvalue weighted by Crippen LogP contribution is 2.27. The van der Waals surface area contributed by atoms with Crippen LogP contribution in [0.5, 0.6) is 0 Å². The summed E-state index contributed by atoms with van der Waals surface area (Å²) < 4.78 is 0.991. The second-order valence-electron chi connectivity index (χ2n) is 2.97. The van der Waals surface area contributed by atoms with Gasteiger partial charge in [-0.1, -0.05) is 35.2 Å². The largest absolute Gasteiger partial charge is 0.310 e. The lowest BCUT2D eigenvalue weighted by atomic mass is 9.95. The SMILES string of the molecule is C=CC1=C(C(=C)Br)CCNC1C. The lowest BCUT2D eigenvalue weighted by Gasteiger charge is -2.25. The van der Waals surface area contributed by atoms with Crippen molar-refractivity contribution in [3.63, 3.8) is 0 Å². The van der Waals surface area contributed by atoms with Gasteiger partial charge in [-0.3, -0.25) is 0 Å². The second kappa shape index (κ2) is 4.06. The summed E-state index contributed by atoms with van der Waals surface area (Å²) in [5.74, 6) is 0. The molecule has 1 atom stereocenters. The summed E-state index contributed by atoms with van der Waals surface area (Å²) in [6, 6.07) is 0.403. The van der Waals surface area contributed by atoms with E-state index in [0.717, 1.165) is 17.4 Å². The number of halogens is 1. The van der Waals surface area contributed by atoms with Crippen molar-refractivity contribution in [3.8, 4) is 0 Å². The first-order valence-electron chi connectivity index (χ1n) is 4.10. The first kappa shape index (κ1) is 9.75. The predicted molar refractivity (Wildman–Crippen MR) is 57.4 cm³/mol. The van der Waals surface area contributed by atoms with Crippen molar-refractivity contribution in [2.24, 2.45) is 0 Å². The molecule has 0 bridgehead atoms. The third-order valence-electron chi connectivity index (χ3n) is 2.19. The third-order valence-corrected chi connectivity index (χ3v) is 2.67. The van der Waals surface area contributed by atoms with Crippen LogP contribution in [0.15, 0.2) is 34.9 Å². The van der Waals surface area contributed by atoms with Crippen LogP contribution in [-0.4, -0.2) is 12.6 Å². The quantitative estimate of drug-likeness (QED) is 0.766. The number of hydrogen-bond acceptors (Lipinski definition) is 1. The molecule has 0 amide bonds. The Bertz CT molecular complexity index is 240. The molecule has 0 fully saturated rings. The van der Waals surface area contributed by atoms with Crippen LogP contribution in [0.25, 0.3) is 0 Å². The summed E-state index contributed by atoms with van der Waals surface area (Å²) in [4.78, 5) is 0. The summed E-state index contributed by atoms with van der Waals surface area (Å²) in [7, 11) is 0. The normalized spacial score (nSPS) is 24.0. The van der Waals surface area contributed by atoms with E-state index >= 15 is 0 Å². The monoisotopic (exact) mass is 227 g/mol. The summed E-state index contributed by atoms with van der Waals surface area (Å²) >= 11 is 3.42. The van der Waals surface area contributed by atoms with Gasteiger partial charge in [0, 0.05) is 10.5 Å². The minimum Gasteiger partial charge on any atom is -0.310 e. The van der Waals surface area contributed by atoms with Gasteiger partial charge in [0.25, 0.3) is 0 Å². The molecule has 1 N–H and O–H groups in total. The molecule has 0 aromatic heterocycles. The minimum absolute atomic E-state index is 0.403. The van der Waals surface area contributed by atoms with Gasteiger partial charge in [-0.2, -0.15) is 0 Å². The fraction of sp³-hybridized carbons (Fsp3) is 0.400. The summed E-state index contributed by atoms with van der Waals surface area (Å²) in [6.07, 6.45) is 2.95. The molecule has 2 heteroatoms. The molecule has 1 nitrogen and oxygen atoms in total. The van der Waals surface area contributed by atoms with Crippen molar-refractivity contribution >= 4 is 15.9 Å². The van der Waals surface area contributed by atoms with Crippen molar-refractivity contribution in [2.75, 3.05) is 6.54 Å². The van der Waals surface area contributed by atoms with Gasteiger partial charge in [0.05, 0.1) is 0 Å². The highest BCUT2D eigenvalue weighted by atomic mass is 79.9. The van der Waals surface area contributed by atoms with Crippen LogP contribution in [0, 0.1) is 0 Å². The van der Waals surface area contributed by atoms with Gasteiger partial charge in [0.15, 0.2) is 0 Å². The molecule has 0 aromatic rings. The Morgan fingerprint density at radius 1 is 1.75 bits per heavy atom. The van der Waals surface area contributed by atoms with Crippen molar-refractivity contribution in [3.05, 3.63) is 34.9 Å². The molecule has 1 rings (SSSR count). The zero-order valence-corrected chi connectivity index (χ0v) is 8.95. The van der Waals surface area contributed by atoms with Gasteiger partial charge < -0.3 is 5.32 Å². The third kappa shape index (κ3) is 1.87. The fourth-order valence-electron chi connectivity index (χ4n) is 1.52. The molecule has 0 aliphatic carbocycles. The zero-order chi connectivity index (χ0) is 9.14. The van der Waals surface area contributed by atoms with Crippen LogP contribution in [-0.2, 0) is 0 Å². The van der Waals surface area contributed by atoms with E-state index in [1.54, 1.807) is 0 Å². The number of rotatable bonds is 2. The maximum Gasteiger partial charge on any atom is 0.0294 e. The van der Waals surface area contributed by atoms with Gasteiger partial charge in [0.1, 0.15) is 0 Å². The van der Waals surface area contributed by atoms with Gasteiger partial charge >= 0.3 is 0 Å². The van der Waals surface area contributed by atoms with Crippen molar-refractivity contribution < 1.29 is 0 Å². The molecular weight excluding hydrogens is 214 g/mol. The van der Waals surface area contributed by atoms with Gasteiger partial charge in [0.2, 0.25) is 0 Å². The van der Waals surface area contributed by atoms with Crippen LogP contribution in [0.1, 0.15) is 13.3 Å². The molecule has 1 aliphatic heterocycles. The maximum absolute atomic E-state index is 3.89. The van der Waals surface area contributed by atoms with Crippen molar-refractivity contribution in [1.29, 1.82) is 0 Å². The van der Waals surface area contributed by atoms with Gasteiger partial charge in [-0.15, -0.1) is 0 Å². The van der Waals surface area contributed by atoms with Gasteiger partial charge in [-0.05, 0) is 31.0 Å². The van der Waals surface area contributed by atoms with Crippen LogP contribution in [0.3, 0.4) is 0 Å². The molecule has 1 unspecified atom stereocenters. The van der Waals surface area contributed by atoms with Gasteiger partial charge in [-0.25, -0.2) is 0 Å². The van der Waals surface area contributed by atoms with E-state index in [2.05, 4.69) is 41.3 Å². The Hall–Kier alpha value is -0.340. The van der Waals surface area contributed by atoms with E-state index in [-0.39, 0.29) is 0 Å². The number of hydrogen-bond donors (Lipinski definition) is 1. The van der Waals surface area contributed by atoms with Crippen molar-refractivity contribution in [1.82, 2.24) is 5.32 Å². The Morgan fingerprint density at radius 2 is 2.42 bits per heavy atom. The second-order valence-corrected chi connectivity index (χ2v) is 3.93. The van der Waals surface area contributed by atoms with E-state index in [4.69, 9.17) is 0 Å². The Morgan fingerprint density at radius 3 is 2.83 bits per heavy atom. The maximum atomic E-state index is 3.89. The van der Waals surface area contributed by atoms with Crippen LogP contribution < -0.4 is 5.32 Å². The molecular formula is C10H14BrN. The lowest BCUT2D eigenvalue weighted by Crippen LogP contribution is -2.33. The number of nitrogens with one attached hydrogen (secondary N) is 1. The molecule has 0 saturated heterocycles. The van der Waals surface area contributed by atoms with E-state index in [1.807, 2.05) is 6.08 Å². The molecule has 12 heavy (non-hydrogen) atoms. The molecule has 0 saturated carbocycles. The fourth-order valence-corrected chi connectivity index (χ4v) is 1.95. The smallest absolute Gasteiger partial charge is 0.0294 e.